The zero-order valence-corrected chi connectivity index (χ0v) is 14.6. The zero-order valence-electron chi connectivity index (χ0n) is 12.2. The van der Waals surface area contributed by atoms with E-state index in [0.29, 0.717) is 11.4 Å². The van der Waals surface area contributed by atoms with E-state index in [9.17, 15) is 18.0 Å². The van der Waals surface area contributed by atoms with E-state index in [2.05, 4.69) is 31.3 Å². The highest BCUT2D eigenvalue weighted by Crippen LogP contribution is 2.28. The summed E-state index contributed by atoms with van der Waals surface area (Å²) in [6.07, 6.45) is -0.312. The Morgan fingerprint density at radius 1 is 0.917 bits per heavy atom. The van der Waals surface area contributed by atoms with Crippen molar-refractivity contribution in [2.45, 2.75) is 11.3 Å². The summed E-state index contributed by atoms with van der Waals surface area (Å²) < 4.78 is 28.2. The van der Waals surface area contributed by atoms with Crippen LogP contribution in [0.4, 0.5) is 17.1 Å². The normalized spacial score (nSPS) is 14.2. The molecule has 3 N–H and O–H groups in total. The highest BCUT2D eigenvalue weighted by Gasteiger charge is 2.21. The van der Waals surface area contributed by atoms with Gasteiger partial charge in [-0.2, -0.15) is 0 Å². The van der Waals surface area contributed by atoms with Crippen molar-refractivity contribution < 1.29 is 18.0 Å². The van der Waals surface area contributed by atoms with E-state index in [1.165, 1.54) is 18.2 Å². The summed E-state index contributed by atoms with van der Waals surface area (Å²) in [4.78, 5) is 23.1. The summed E-state index contributed by atoms with van der Waals surface area (Å²) in [6, 6.07) is 10.8. The van der Waals surface area contributed by atoms with Gasteiger partial charge in [0.05, 0.1) is 16.3 Å². The van der Waals surface area contributed by atoms with Crippen LogP contribution in [0.5, 0.6) is 0 Å². The molecule has 3 rings (SSSR count). The molecule has 1 aliphatic rings. The molecular formula is C15H12BrN3O4S. The number of hydrogen-bond donors (Lipinski definition) is 3. The molecule has 0 aliphatic carbocycles. The van der Waals surface area contributed by atoms with Crippen molar-refractivity contribution in [1.82, 2.24) is 0 Å². The van der Waals surface area contributed by atoms with Gasteiger partial charge in [0, 0.05) is 10.2 Å². The Kier molecular flexibility index (Phi) is 4.29. The van der Waals surface area contributed by atoms with Crippen LogP contribution in [0.2, 0.25) is 0 Å². The van der Waals surface area contributed by atoms with Crippen LogP contribution in [-0.4, -0.2) is 20.2 Å². The lowest BCUT2D eigenvalue weighted by Crippen LogP contribution is -2.16. The Morgan fingerprint density at radius 2 is 1.54 bits per heavy atom. The van der Waals surface area contributed by atoms with Gasteiger partial charge >= 0.3 is 0 Å². The van der Waals surface area contributed by atoms with E-state index in [0.717, 1.165) is 4.47 Å². The van der Waals surface area contributed by atoms with Crippen molar-refractivity contribution >= 4 is 54.8 Å². The monoisotopic (exact) mass is 409 g/mol. The number of halogens is 1. The molecule has 0 spiro atoms. The molecule has 2 amide bonds. The number of benzene rings is 2. The van der Waals surface area contributed by atoms with Gasteiger partial charge in [0.1, 0.15) is 6.42 Å². The second-order valence-corrected chi connectivity index (χ2v) is 7.69. The number of carbonyl (C=O) groups is 2. The Labute approximate surface area is 146 Å². The van der Waals surface area contributed by atoms with Crippen molar-refractivity contribution in [3.63, 3.8) is 0 Å². The van der Waals surface area contributed by atoms with Gasteiger partial charge in [-0.05, 0) is 42.5 Å². The first-order valence-electron chi connectivity index (χ1n) is 6.86. The van der Waals surface area contributed by atoms with Gasteiger partial charge in [-0.3, -0.25) is 14.3 Å². The third kappa shape index (κ3) is 3.57. The summed E-state index contributed by atoms with van der Waals surface area (Å²) in [6.45, 7) is 0. The smallest absolute Gasteiger partial charge is 0.261 e. The molecule has 124 valence electrons. The lowest BCUT2D eigenvalue weighted by Gasteiger charge is -2.12. The van der Waals surface area contributed by atoms with Crippen molar-refractivity contribution in [2.75, 3.05) is 15.4 Å². The number of fused-ring (bicyclic) bond motifs is 1. The SMILES string of the molecule is O=C1CC(=O)Nc2cc(S(=O)(=O)Nc3ccc(Br)cc3)ccc2N1. The van der Waals surface area contributed by atoms with E-state index in [4.69, 9.17) is 0 Å². The van der Waals surface area contributed by atoms with Crippen LogP contribution < -0.4 is 15.4 Å². The average Bonchev–Trinajstić information content (AvgIpc) is 2.64. The molecule has 7 nitrogen and oxygen atoms in total. The number of carbonyl (C=O) groups excluding carboxylic acids is 2. The molecule has 24 heavy (non-hydrogen) atoms. The lowest BCUT2D eigenvalue weighted by atomic mass is 10.2. The lowest BCUT2D eigenvalue weighted by molar-refractivity contribution is -0.123. The van der Waals surface area contributed by atoms with Crippen molar-refractivity contribution in [3.8, 4) is 0 Å². The molecule has 2 aromatic carbocycles. The fraction of sp³-hybridized carbons (Fsp3) is 0.0667. The first kappa shape index (κ1) is 16.5. The van der Waals surface area contributed by atoms with Crippen molar-refractivity contribution in [3.05, 3.63) is 46.9 Å². The highest BCUT2D eigenvalue weighted by atomic mass is 79.9. The standard InChI is InChI=1S/C15H12BrN3O4S/c16-9-1-3-10(4-2-9)19-24(22,23)11-5-6-12-13(7-11)18-15(21)8-14(20)17-12/h1-7,19H,8H2,(H,17,20)(H,18,21). The number of nitrogens with one attached hydrogen (secondary N) is 3. The summed E-state index contributed by atoms with van der Waals surface area (Å²) >= 11 is 3.28. The van der Waals surface area contributed by atoms with Crippen LogP contribution in [0.15, 0.2) is 51.8 Å². The van der Waals surface area contributed by atoms with E-state index >= 15 is 0 Å². The molecule has 1 aliphatic heterocycles. The fourth-order valence-corrected chi connectivity index (χ4v) is 3.52. The van der Waals surface area contributed by atoms with Crippen molar-refractivity contribution in [2.24, 2.45) is 0 Å². The molecule has 0 fully saturated rings. The average molecular weight is 410 g/mol. The third-order valence-electron chi connectivity index (χ3n) is 3.27. The molecule has 1 heterocycles. The van der Waals surface area contributed by atoms with Gasteiger partial charge in [-0.15, -0.1) is 0 Å². The second-order valence-electron chi connectivity index (χ2n) is 5.09. The molecule has 2 aromatic rings. The van der Waals surface area contributed by atoms with Gasteiger partial charge < -0.3 is 10.6 Å². The number of sulfonamides is 1. The Hall–Kier alpha value is -2.39. The molecule has 9 heteroatoms. The highest BCUT2D eigenvalue weighted by molar-refractivity contribution is 9.10. The molecule has 0 saturated heterocycles. The van der Waals surface area contributed by atoms with Gasteiger partial charge in [-0.1, -0.05) is 15.9 Å². The van der Waals surface area contributed by atoms with Crippen LogP contribution in [0.25, 0.3) is 0 Å². The van der Waals surface area contributed by atoms with Crippen LogP contribution in [-0.2, 0) is 19.6 Å². The van der Waals surface area contributed by atoms with Crippen molar-refractivity contribution in [1.29, 1.82) is 0 Å². The van der Waals surface area contributed by atoms with E-state index in [1.807, 2.05) is 0 Å². The predicted molar refractivity (Wildman–Crippen MR) is 93.3 cm³/mol. The summed E-state index contributed by atoms with van der Waals surface area (Å²) in [5.74, 6) is -0.948. The minimum atomic E-state index is -3.83. The Morgan fingerprint density at radius 3 is 2.21 bits per heavy atom. The number of rotatable bonds is 3. The van der Waals surface area contributed by atoms with Crippen LogP contribution >= 0.6 is 15.9 Å². The van der Waals surface area contributed by atoms with Gasteiger partial charge in [-0.25, -0.2) is 8.42 Å². The quantitative estimate of drug-likeness (QED) is 0.677. The van der Waals surface area contributed by atoms with E-state index < -0.39 is 21.8 Å². The summed E-state index contributed by atoms with van der Waals surface area (Å²) in [5.41, 5.74) is 1.00. The Balaban J connectivity index is 1.93. The predicted octanol–water partition coefficient (Wildman–Crippen LogP) is 2.53. The van der Waals surface area contributed by atoms with Gasteiger partial charge in [0.2, 0.25) is 11.8 Å². The van der Waals surface area contributed by atoms with Crippen LogP contribution in [0.3, 0.4) is 0 Å². The largest absolute Gasteiger partial charge is 0.324 e. The first-order valence-corrected chi connectivity index (χ1v) is 9.13. The van der Waals surface area contributed by atoms with Gasteiger partial charge in [0.15, 0.2) is 0 Å². The third-order valence-corrected chi connectivity index (χ3v) is 5.17. The number of anilines is 3. The number of amides is 2. The summed E-state index contributed by atoms with van der Waals surface area (Å²) in [7, 11) is -3.83. The molecule has 0 radical (unpaired) electrons. The van der Waals surface area contributed by atoms with Crippen LogP contribution in [0, 0.1) is 0 Å². The molecule has 0 atom stereocenters. The molecule has 0 bridgehead atoms. The Bertz CT molecular complexity index is 926. The molecule has 0 aromatic heterocycles. The van der Waals surface area contributed by atoms with Gasteiger partial charge in [0.25, 0.3) is 10.0 Å². The van der Waals surface area contributed by atoms with E-state index in [1.54, 1.807) is 24.3 Å². The maximum absolute atomic E-state index is 12.5. The van der Waals surface area contributed by atoms with E-state index in [-0.39, 0.29) is 17.0 Å². The second kappa shape index (κ2) is 6.25. The molecule has 0 saturated carbocycles. The topological polar surface area (TPSA) is 104 Å². The fourth-order valence-electron chi connectivity index (χ4n) is 2.17. The number of hydrogen-bond acceptors (Lipinski definition) is 4. The maximum atomic E-state index is 12.5. The molecule has 0 unspecified atom stereocenters. The zero-order chi connectivity index (χ0) is 17.3. The summed E-state index contributed by atoms with van der Waals surface area (Å²) in [5, 5.41) is 5.06. The first-order chi connectivity index (χ1) is 11.3. The molecular weight excluding hydrogens is 398 g/mol. The minimum absolute atomic E-state index is 0.0272. The minimum Gasteiger partial charge on any atom is -0.324 e. The van der Waals surface area contributed by atoms with Crippen LogP contribution in [0.1, 0.15) is 6.42 Å². The maximum Gasteiger partial charge on any atom is 0.261 e.